The van der Waals surface area contributed by atoms with Crippen LogP contribution >= 0.6 is 11.6 Å². The van der Waals surface area contributed by atoms with Crippen molar-refractivity contribution in [1.29, 1.82) is 0 Å². The minimum Gasteiger partial charge on any atom is -0.324 e. The Balaban J connectivity index is 1.43. The average Bonchev–Trinajstić information content (AvgIpc) is 3.27. The van der Waals surface area contributed by atoms with E-state index >= 15 is 0 Å². The molecule has 1 fully saturated rings. The summed E-state index contributed by atoms with van der Waals surface area (Å²) in [5.74, 6) is -0.0953. The lowest BCUT2D eigenvalue weighted by atomic mass is 10.2. The molecule has 4 rings (SSSR count). The van der Waals surface area contributed by atoms with Gasteiger partial charge in [0.2, 0.25) is 5.91 Å². The minimum absolute atomic E-state index is 0.0997. The van der Waals surface area contributed by atoms with Crippen LogP contribution < -0.4 is 5.32 Å². The maximum Gasteiger partial charge on any atom is 0.282 e. The molecule has 28 heavy (non-hydrogen) atoms. The molecule has 0 atom stereocenters. The molecule has 0 radical (unpaired) electrons. The number of amides is 1. The largest absolute Gasteiger partial charge is 0.324 e. The Morgan fingerprint density at radius 3 is 2.82 bits per heavy atom. The number of anilines is 1. The number of hydrogen-bond acceptors (Lipinski definition) is 3. The highest BCUT2D eigenvalue weighted by Crippen LogP contribution is 2.41. The second-order valence-corrected chi connectivity index (χ2v) is 7.27. The van der Waals surface area contributed by atoms with E-state index in [4.69, 9.17) is 11.6 Å². The summed E-state index contributed by atoms with van der Waals surface area (Å²) in [6.45, 7) is 0.413. The van der Waals surface area contributed by atoms with E-state index in [1.165, 1.54) is 10.7 Å². The summed E-state index contributed by atoms with van der Waals surface area (Å²) in [6, 6.07) is 8.76. The summed E-state index contributed by atoms with van der Waals surface area (Å²) in [7, 11) is 0. The highest BCUT2D eigenvalue weighted by Gasteiger charge is 2.30. The predicted octanol–water partition coefficient (Wildman–Crippen LogP) is 4.24. The first-order valence-electron chi connectivity index (χ1n) is 8.90. The molecule has 2 aromatic heterocycles. The van der Waals surface area contributed by atoms with Crippen LogP contribution in [0.1, 0.15) is 42.1 Å². The van der Waals surface area contributed by atoms with Crippen molar-refractivity contribution in [3.63, 3.8) is 0 Å². The van der Waals surface area contributed by atoms with Gasteiger partial charge in [-0.1, -0.05) is 23.7 Å². The van der Waals surface area contributed by atoms with Crippen LogP contribution in [0.3, 0.4) is 0 Å². The topological polar surface area (TPSA) is 64.7 Å². The fourth-order valence-electron chi connectivity index (χ4n) is 3.09. The van der Waals surface area contributed by atoms with Gasteiger partial charge in [0.25, 0.3) is 6.43 Å². The van der Waals surface area contributed by atoms with Gasteiger partial charge in [-0.05, 0) is 36.6 Å². The zero-order valence-electron chi connectivity index (χ0n) is 14.9. The van der Waals surface area contributed by atoms with Gasteiger partial charge in [-0.15, -0.1) is 0 Å². The Labute approximate surface area is 165 Å². The summed E-state index contributed by atoms with van der Waals surface area (Å²) in [4.78, 5) is 12.4. The molecular weight excluding hydrogens is 388 g/mol. The van der Waals surface area contributed by atoms with Gasteiger partial charge in [-0.25, -0.2) is 8.78 Å². The van der Waals surface area contributed by atoms with Crippen molar-refractivity contribution in [3.8, 4) is 0 Å². The molecule has 0 unspecified atom stereocenters. The Hall–Kier alpha value is -2.74. The van der Waals surface area contributed by atoms with Crippen molar-refractivity contribution < 1.29 is 13.6 Å². The number of rotatable bonds is 7. The van der Waals surface area contributed by atoms with Gasteiger partial charge in [0, 0.05) is 23.5 Å². The quantitative estimate of drug-likeness (QED) is 0.639. The highest BCUT2D eigenvalue weighted by atomic mass is 35.5. The summed E-state index contributed by atoms with van der Waals surface area (Å²) in [6.07, 6.45) is 2.51. The van der Waals surface area contributed by atoms with E-state index in [-0.39, 0.29) is 24.1 Å². The number of hydrogen-bond donors (Lipinski definition) is 1. The number of carbonyl (C=O) groups excluding carboxylic acids is 1. The van der Waals surface area contributed by atoms with E-state index in [0.29, 0.717) is 22.9 Å². The molecular formula is C19H18ClF2N5O. The average molecular weight is 406 g/mol. The number of nitrogens with one attached hydrogen (secondary N) is 1. The lowest BCUT2D eigenvalue weighted by Gasteiger charge is -2.09. The van der Waals surface area contributed by atoms with Gasteiger partial charge in [0.1, 0.15) is 12.2 Å². The molecule has 6 nitrogen and oxygen atoms in total. The summed E-state index contributed by atoms with van der Waals surface area (Å²) >= 11 is 5.87. The van der Waals surface area contributed by atoms with Crippen molar-refractivity contribution in [2.24, 2.45) is 0 Å². The molecule has 1 amide bonds. The number of aromatic nitrogens is 4. The number of benzene rings is 1. The van der Waals surface area contributed by atoms with E-state index in [9.17, 15) is 13.6 Å². The Kier molecular flexibility index (Phi) is 5.13. The maximum atomic E-state index is 13.0. The highest BCUT2D eigenvalue weighted by molar-refractivity contribution is 6.30. The monoisotopic (exact) mass is 405 g/mol. The van der Waals surface area contributed by atoms with Crippen LogP contribution in [-0.4, -0.2) is 25.5 Å². The minimum atomic E-state index is -2.64. The van der Waals surface area contributed by atoms with Crippen LogP contribution in [0.2, 0.25) is 5.02 Å². The summed E-state index contributed by atoms with van der Waals surface area (Å²) in [5.41, 5.74) is 1.98. The van der Waals surface area contributed by atoms with Crippen molar-refractivity contribution in [2.45, 2.75) is 38.3 Å². The van der Waals surface area contributed by atoms with E-state index in [1.54, 1.807) is 23.1 Å². The van der Waals surface area contributed by atoms with Gasteiger partial charge < -0.3 is 5.32 Å². The molecule has 1 N–H and O–H groups in total. The third-order valence-electron chi connectivity index (χ3n) is 4.50. The molecule has 1 aliphatic carbocycles. The number of nitrogens with zero attached hydrogens (tertiary/aromatic N) is 4. The number of halogens is 3. The van der Waals surface area contributed by atoms with E-state index in [1.807, 2.05) is 18.2 Å². The van der Waals surface area contributed by atoms with Crippen LogP contribution in [-0.2, 0) is 17.9 Å². The normalized spacial score (nSPS) is 13.9. The lowest BCUT2D eigenvalue weighted by Crippen LogP contribution is -2.21. The first kappa shape index (κ1) is 18.6. The van der Waals surface area contributed by atoms with E-state index in [2.05, 4.69) is 15.5 Å². The third-order valence-corrected chi connectivity index (χ3v) is 4.69. The van der Waals surface area contributed by atoms with Gasteiger partial charge in [0.05, 0.1) is 17.8 Å². The smallest absolute Gasteiger partial charge is 0.282 e. The van der Waals surface area contributed by atoms with Gasteiger partial charge in [0.15, 0.2) is 0 Å². The zero-order chi connectivity index (χ0) is 19.7. The van der Waals surface area contributed by atoms with E-state index in [0.717, 1.165) is 18.4 Å². The summed E-state index contributed by atoms with van der Waals surface area (Å²) < 4.78 is 29.0. The van der Waals surface area contributed by atoms with Crippen molar-refractivity contribution in [2.75, 3.05) is 5.32 Å². The fraction of sp³-hybridized carbons (Fsp3) is 0.316. The van der Waals surface area contributed by atoms with Gasteiger partial charge in [-0.3, -0.25) is 14.2 Å². The standard InChI is InChI=1S/C19H18ClF2N5O/c20-14-8-23-26(10-14)9-12-2-1-3-15(6-12)24-18(28)11-27-17(13-4-5-13)7-16(25-27)19(21)22/h1-3,6-8,10,13,19H,4-5,9,11H2,(H,24,28). The molecule has 3 aromatic rings. The van der Waals surface area contributed by atoms with Crippen molar-refractivity contribution in [3.05, 3.63) is 64.7 Å². The molecule has 1 saturated carbocycles. The molecule has 0 aliphatic heterocycles. The number of alkyl halides is 2. The SMILES string of the molecule is O=C(Cn1nc(C(F)F)cc1C1CC1)Nc1cccc(Cn2cc(Cl)cn2)c1. The van der Waals surface area contributed by atoms with Crippen molar-refractivity contribution in [1.82, 2.24) is 19.6 Å². The molecule has 1 aliphatic rings. The second kappa shape index (κ2) is 7.71. The van der Waals surface area contributed by atoms with Crippen LogP contribution in [0.5, 0.6) is 0 Å². The van der Waals surface area contributed by atoms with Crippen LogP contribution in [0, 0.1) is 0 Å². The molecule has 146 valence electrons. The zero-order valence-corrected chi connectivity index (χ0v) is 15.6. The van der Waals surface area contributed by atoms with Crippen LogP contribution in [0.25, 0.3) is 0 Å². The summed E-state index contributed by atoms with van der Waals surface area (Å²) in [5, 5.41) is 11.4. The molecule has 1 aromatic carbocycles. The maximum absolute atomic E-state index is 13.0. The molecule has 0 spiro atoms. The molecule has 2 heterocycles. The first-order valence-corrected chi connectivity index (χ1v) is 9.28. The predicted molar refractivity (Wildman–Crippen MR) is 101 cm³/mol. The number of carbonyl (C=O) groups is 1. The Bertz CT molecular complexity index is 996. The molecule has 9 heteroatoms. The van der Waals surface area contributed by atoms with E-state index < -0.39 is 6.43 Å². The van der Waals surface area contributed by atoms with Crippen molar-refractivity contribution >= 4 is 23.2 Å². The second-order valence-electron chi connectivity index (χ2n) is 6.83. The molecule has 0 bridgehead atoms. The van der Waals surface area contributed by atoms with Gasteiger partial charge in [-0.2, -0.15) is 10.2 Å². The van der Waals surface area contributed by atoms with Crippen LogP contribution in [0.15, 0.2) is 42.7 Å². The third kappa shape index (κ3) is 4.39. The lowest BCUT2D eigenvalue weighted by molar-refractivity contribution is -0.117. The Morgan fingerprint density at radius 1 is 1.32 bits per heavy atom. The molecule has 0 saturated heterocycles. The van der Waals surface area contributed by atoms with Crippen LogP contribution in [0.4, 0.5) is 14.5 Å². The van der Waals surface area contributed by atoms with Gasteiger partial charge >= 0.3 is 0 Å². The fourth-order valence-corrected chi connectivity index (χ4v) is 3.25. The first-order chi connectivity index (χ1) is 13.5. The Morgan fingerprint density at radius 2 is 2.14 bits per heavy atom.